The van der Waals surface area contributed by atoms with Crippen LogP contribution in [0.3, 0.4) is 0 Å². The number of carbonyl (C=O) groups excluding carboxylic acids is 1. The number of methoxy groups -OCH3 is 1. The highest BCUT2D eigenvalue weighted by atomic mass is 32.2. The average Bonchev–Trinajstić information content (AvgIpc) is 2.40. The van der Waals surface area contributed by atoms with Crippen LogP contribution in [0.2, 0.25) is 0 Å². The number of hydrogen-bond donors (Lipinski definition) is 0. The molecule has 1 aromatic rings. The minimum Gasteiger partial charge on any atom is -0.497 e. The van der Waals surface area contributed by atoms with Crippen LogP contribution in [0.25, 0.3) is 0 Å². The molecule has 1 fully saturated rings. The normalized spacial score (nSPS) is 15.7. The fourth-order valence-electron chi connectivity index (χ4n) is 1.89. The van der Waals surface area contributed by atoms with Crippen LogP contribution in [-0.4, -0.2) is 30.3 Å². The quantitative estimate of drug-likeness (QED) is 0.755. The molecular formula is C13H17NO2S. The maximum absolute atomic E-state index is 12.0. The third-order valence-corrected chi connectivity index (χ3v) is 3.82. The van der Waals surface area contributed by atoms with E-state index in [4.69, 9.17) is 4.74 Å². The van der Waals surface area contributed by atoms with Crippen LogP contribution in [0, 0.1) is 0 Å². The zero-order valence-corrected chi connectivity index (χ0v) is 10.8. The molecule has 0 aliphatic carbocycles. The van der Waals surface area contributed by atoms with Gasteiger partial charge in [0, 0.05) is 18.0 Å². The molecule has 0 radical (unpaired) electrons. The summed E-state index contributed by atoms with van der Waals surface area (Å²) in [5, 5.41) is 0.162. The van der Waals surface area contributed by atoms with Crippen LogP contribution in [-0.2, 0) is 0 Å². The van der Waals surface area contributed by atoms with Gasteiger partial charge in [-0.15, -0.1) is 0 Å². The molecule has 92 valence electrons. The molecule has 2 rings (SSSR count). The van der Waals surface area contributed by atoms with Crippen molar-refractivity contribution in [1.82, 2.24) is 4.90 Å². The second-order valence-corrected chi connectivity index (χ2v) is 5.12. The maximum atomic E-state index is 12.0. The Morgan fingerprint density at radius 3 is 2.41 bits per heavy atom. The third-order valence-electron chi connectivity index (χ3n) is 2.88. The van der Waals surface area contributed by atoms with Gasteiger partial charge in [-0.25, -0.2) is 0 Å². The Labute approximate surface area is 106 Å². The molecule has 0 bridgehead atoms. The van der Waals surface area contributed by atoms with E-state index in [2.05, 4.69) is 0 Å². The summed E-state index contributed by atoms with van der Waals surface area (Å²) in [6.45, 7) is 1.81. The lowest BCUT2D eigenvalue weighted by Crippen LogP contribution is -2.32. The number of thioether (sulfide) groups is 1. The molecule has 0 atom stereocenters. The fraction of sp³-hybridized carbons (Fsp3) is 0.462. The number of benzene rings is 1. The molecule has 17 heavy (non-hydrogen) atoms. The van der Waals surface area contributed by atoms with Crippen LogP contribution in [0.15, 0.2) is 29.2 Å². The van der Waals surface area contributed by atoms with Gasteiger partial charge in [-0.3, -0.25) is 4.79 Å². The van der Waals surface area contributed by atoms with Crippen molar-refractivity contribution in [3.05, 3.63) is 24.3 Å². The molecule has 0 spiro atoms. The van der Waals surface area contributed by atoms with Gasteiger partial charge in [0.25, 0.3) is 5.24 Å². The van der Waals surface area contributed by atoms with Crippen LogP contribution >= 0.6 is 11.8 Å². The van der Waals surface area contributed by atoms with Crippen LogP contribution in [0.1, 0.15) is 19.3 Å². The van der Waals surface area contributed by atoms with E-state index in [-0.39, 0.29) is 5.24 Å². The number of ether oxygens (including phenoxy) is 1. The summed E-state index contributed by atoms with van der Waals surface area (Å²) in [5.41, 5.74) is 0. The van der Waals surface area contributed by atoms with Crippen LogP contribution in [0.5, 0.6) is 5.75 Å². The smallest absolute Gasteiger partial charge is 0.286 e. The van der Waals surface area contributed by atoms with E-state index in [1.54, 1.807) is 7.11 Å². The summed E-state index contributed by atoms with van der Waals surface area (Å²) in [7, 11) is 1.64. The van der Waals surface area contributed by atoms with Gasteiger partial charge >= 0.3 is 0 Å². The molecule has 0 N–H and O–H groups in total. The van der Waals surface area contributed by atoms with Gasteiger partial charge in [0.1, 0.15) is 5.75 Å². The zero-order chi connectivity index (χ0) is 12.1. The summed E-state index contributed by atoms with van der Waals surface area (Å²) < 4.78 is 5.09. The first-order valence-electron chi connectivity index (χ1n) is 5.90. The molecule has 1 heterocycles. The fourth-order valence-corrected chi connectivity index (χ4v) is 2.67. The number of carbonyl (C=O) groups is 1. The molecule has 4 heteroatoms. The molecule has 1 saturated heterocycles. The van der Waals surface area contributed by atoms with E-state index < -0.39 is 0 Å². The largest absolute Gasteiger partial charge is 0.497 e. The monoisotopic (exact) mass is 251 g/mol. The van der Waals surface area contributed by atoms with Crippen molar-refractivity contribution in [3.8, 4) is 5.75 Å². The summed E-state index contributed by atoms with van der Waals surface area (Å²) in [6, 6.07) is 7.61. The van der Waals surface area contributed by atoms with Crippen molar-refractivity contribution < 1.29 is 9.53 Å². The SMILES string of the molecule is COc1ccc(SC(=O)N2CCCCC2)cc1. The topological polar surface area (TPSA) is 29.5 Å². The first-order valence-corrected chi connectivity index (χ1v) is 6.72. The number of piperidine rings is 1. The highest BCUT2D eigenvalue weighted by molar-refractivity contribution is 8.13. The molecule has 1 aliphatic heterocycles. The predicted molar refractivity (Wildman–Crippen MR) is 69.7 cm³/mol. The molecule has 1 aromatic carbocycles. The molecule has 0 aromatic heterocycles. The summed E-state index contributed by atoms with van der Waals surface area (Å²) in [4.78, 5) is 14.9. The van der Waals surface area contributed by atoms with Crippen LogP contribution < -0.4 is 4.74 Å². The lowest BCUT2D eigenvalue weighted by atomic mass is 10.1. The van der Waals surface area contributed by atoms with Gasteiger partial charge in [-0.2, -0.15) is 0 Å². The van der Waals surface area contributed by atoms with Crippen molar-refractivity contribution in [2.75, 3.05) is 20.2 Å². The summed E-state index contributed by atoms with van der Waals surface area (Å²) in [6.07, 6.45) is 3.51. The Bertz CT molecular complexity index is 372. The Kier molecular flexibility index (Phi) is 4.31. The van der Waals surface area contributed by atoms with Gasteiger partial charge in [0.2, 0.25) is 0 Å². The summed E-state index contributed by atoms with van der Waals surface area (Å²) in [5.74, 6) is 0.819. The Morgan fingerprint density at radius 2 is 1.82 bits per heavy atom. The van der Waals surface area contributed by atoms with Gasteiger partial charge in [-0.05, 0) is 55.3 Å². The van der Waals surface area contributed by atoms with E-state index in [1.807, 2.05) is 29.2 Å². The minimum absolute atomic E-state index is 0.162. The van der Waals surface area contributed by atoms with E-state index in [9.17, 15) is 4.79 Å². The van der Waals surface area contributed by atoms with Crippen molar-refractivity contribution >= 4 is 17.0 Å². The first kappa shape index (κ1) is 12.3. The Morgan fingerprint density at radius 1 is 1.18 bits per heavy atom. The number of hydrogen-bond acceptors (Lipinski definition) is 3. The van der Waals surface area contributed by atoms with Gasteiger partial charge < -0.3 is 9.64 Å². The number of nitrogens with zero attached hydrogens (tertiary/aromatic N) is 1. The second-order valence-electron chi connectivity index (χ2n) is 4.09. The van der Waals surface area contributed by atoms with E-state index in [0.717, 1.165) is 36.6 Å². The molecule has 0 unspecified atom stereocenters. The lowest BCUT2D eigenvalue weighted by Gasteiger charge is -2.26. The van der Waals surface area contributed by atoms with Crippen molar-refractivity contribution in [2.45, 2.75) is 24.2 Å². The molecule has 0 saturated carbocycles. The first-order chi connectivity index (χ1) is 8.29. The van der Waals surface area contributed by atoms with E-state index in [1.165, 1.54) is 18.2 Å². The molecular weight excluding hydrogens is 234 g/mol. The Hall–Kier alpha value is -1.16. The van der Waals surface area contributed by atoms with Gasteiger partial charge in [0.05, 0.1) is 7.11 Å². The van der Waals surface area contributed by atoms with Crippen molar-refractivity contribution in [3.63, 3.8) is 0 Å². The molecule has 1 amide bonds. The predicted octanol–water partition coefficient (Wildman–Crippen LogP) is 3.39. The zero-order valence-electron chi connectivity index (χ0n) is 10.0. The number of likely N-dealkylation sites (tertiary alicyclic amines) is 1. The second kappa shape index (κ2) is 5.96. The lowest BCUT2D eigenvalue weighted by molar-refractivity contribution is 0.211. The van der Waals surface area contributed by atoms with Gasteiger partial charge in [-0.1, -0.05) is 0 Å². The van der Waals surface area contributed by atoms with Gasteiger partial charge in [0.15, 0.2) is 0 Å². The third kappa shape index (κ3) is 3.40. The maximum Gasteiger partial charge on any atom is 0.286 e. The highest BCUT2D eigenvalue weighted by Gasteiger charge is 2.17. The highest BCUT2D eigenvalue weighted by Crippen LogP contribution is 2.25. The number of amides is 1. The van der Waals surface area contributed by atoms with Crippen molar-refractivity contribution in [1.29, 1.82) is 0 Å². The van der Waals surface area contributed by atoms with E-state index >= 15 is 0 Å². The number of rotatable bonds is 2. The minimum atomic E-state index is 0.162. The summed E-state index contributed by atoms with van der Waals surface area (Å²) >= 11 is 1.30. The standard InChI is InChI=1S/C13H17NO2S/c1-16-11-5-7-12(8-6-11)17-13(15)14-9-3-2-4-10-14/h5-8H,2-4,9-10H2,1H3. The Balaban J connectivity index is 1.92. The van der Waals surface area contributed by atoms with Crippen molar-refractivity contribution in [2.24, 2.45) is 0 Å². The molecule has 3 nitrogen and oxygen atoms in total. The van der Waals surface area contributed by atoms with E-state index in [0.29, 0.717) is 0 Å². The average molecular weight is 251 g/mol. The van der Waals surface area contributed by atoms with Crippen LogP contribution in [0.4, 0.5) is 4.79 Å². The molecule has 1 aliphatic rings.